The van der Waals surface area contributed by atoms with Crippen LogP contribution in [-0.2, 0) is 59.8 Å². The molecule has 0 aliphatic carbocycles. The summed E-state index contributed by atoms with van der Waals surface area (Å²) in [5, 5.41) is 45.7. The predicted molar refractivity (Wildman–Crippen MR) is 371 cm³/mol. The van der Waals surface area contributed by atoms with E-state index in [1.165, 1.54) is 36.0 Å². The molecule has 0 bridgehead atoms. The van der Waals surface area contributed by atoms with Gasteiger partial charge in [0.2, 0.25) is 0 Å². The molecule has 0 aliphatic heterocycles. The zero-order valence-corrected chi connectivity index (χ0v) is 65.0. The third-order valence-electron chi connectivity index (χ3n) is 11.5. The van der Waals surface area contributed by atoms with Crippen LogP contribution >= 0.6 is 0 Å². The van der Waals surface area contributed by atoms with E-state index < -0.39 is 94.6 Å². The number of rotatable bonds is 23. The second-order valence-electron chi connectivity index (χ2n) is 19.4. The molecule has 9 rings (SSSR count). The van der Waals surface area contributed by atoms with Crippen LogP contribution < -0.4 is 31.1 Å². The molecular weight excluding hydrogens is 1850 g/mol. The molecule has 478 valence electrons. The van der Waals surface area contributed by atoms with Gasteiger partial charge >= 0.3 is 604 Å². The van der Waals surface area contributed by atoms with Crippen molar-refractivity contribution < 1.29 is 68.4 Å². The Morgan fingerprint density at radius 2 is 0.707 bits per heavy atom. The number of aromatic hydroxyl groups is 3. The van der Waals surface area contributed by atoms with E-state index in [4.69, 9.17) is 33.9 Å². The van der Waals surface area contributed by atoms with Crippen molar-refractivity contribution in [3.05, 3.63) is 257 Å². The average molecular weight is 1920 g/mol. The number of aliphatic hydroxyl groups is 2. The minimum absolute atomic E-state index is 0.122. The number of esters is 4. The molecular formula is C72H70O14Te6. The summed E-state index contributed by atoms with van der Waals surface area (Å²) in [5.74, 6) is 0.698. The summed E-state index contributed by atoms with van der Waals surface area (Å²) in [6.45, 7) is 25.9. The number of hydrogen-bond donors (Lipinski definition) is 5. The van der Waals surface area contributed by atoms with Gasteiger partial charge in [-0.15, -0.1) is 0 Å². The summed E-state index contributed by atoms with van der Waals surface area (Å²) in [5.41, 5.74) is 2.77. The van der Waals surface area contributed by atoms with Crippen LogP contribution in [0.3, 0.4) is 0 Å². The van der Waals surface area contributed by atoms with Crippen LogP contribution in [0, 0.1) is 0 Å². The summed E-state index contributed by atoms with van der Waals surface area (Å²) in [4.78, 5) is 45.0. The number of ether oxygens (including phenoxy) is 5. The van der Waals surface area contributed by atoms with Gasteiger partial charge in [0.25, 0.3) is 0 Å². The molecule has 0 saturated carbocycles. The van der Waals surface area contributed by atoms with Crippen molar-refractivity contribution in [2.75, 3.05) is 13.2 Å². The Bertz CT molecular complexity index is 3850. The Morgan fingerprint density at radius 1 is 0.391 bits per heavy atom. The van der Waals surface area contributed by atoms with Crippen molar-refractivity contribution in [1.29, 1.82) is 0 Å². The molecule has 3 heterocycles. The fourth-order valence-electron chi connectivity index (χ4n) is 6.70. The Labute approximate surface area is 597 Å². The van der Waals surface area contributed by atoms with Crippen molar-refractivity contribution in [3.63, 3.8) is 0 Å². The normalized spacial score (nSPS) is 10.1. The SMILES string of the molecule is C=C(C)C(=O)OCCOc1ccc([Te]c2ccc(O)cc2)cc1.C=C(C)C(=O)OCc1ccc(-c2ccc(CO)[te]2)[te]1.C=C(C)C(=O)OCc1ccc(CO)[te]1.C=C(C)C(=O)Oc1ccc([Te]c2ccc(O)cc2)cc1.C=Cc1ccc([Te]c2ccc(O)cc2)cc1. The first-order chi connectivity index (χ1) is 44.1. The van der Waals surface area contributed by atoms with E-state index >= 15 is 0 Å². The second-order valence-corrected chi connectivity index (χ2v) is 39.4. The fourth-order valence-corrected chi connectivity index (χ4v) is 22.2. The first kappa shape index (κ1) is 76.9. The quantitative estimate of drug-likeness (QED) is 0.0107. The first-order valence-corrected chi connectivity index (χ1v) is 41.9. The van der Waals surface area contributed by atoms with Crippen LogP contribution in [-0.4, -0.2) is 187 Å². The van der Waals surface area contributed by atoms with Crippen LogP contribution in [0.25, 0.3) is 13.2 Å². The van der Waals surface area contributed by atoms with Crippen LogP contribution in [0.15, 0.2) is 237 Å². The number of benzene rings is 6. The van der Waals surface area contributed by atoms with Crippen molar-refractivity contribution in [2.24, 2.45) is 0 Å². The summed E-state index contributed by atoms with van der Waals surface area (Å²) < 4.78 is 41.0. The van der Waals surface area contributed by atoms with Crippen molar-refractivity contribution in [2.45, 2.75) is 54.1 Å². The molecule has 0 amide bonds. The monoisotopic (exact) mass is 1940 g/mol. The van der Waals surface area contributed by atoms with Crippen molar-refractivity contribution in [3.8, 4) is 35.9 Å². The van der Waals surface area contributed by atoms with Crippen molar-refractivity contribution >= 4 is 176 Å². The second kappa shape index (κ2) is 41.8. The number of carbonyl (C=O) groups is 4. The third kappa shape index (κ3) is 29.7. The fraction of sp³-hybridized carbons (Fsp3) is 0.139. The molecule has 92 heavy (non-hydrogen) atoms. The van der Waals surface area contributed by atoms with Gasteiger partial charge < -0.3 is 0 Å². The van der Waals surface area contributed by atoms with Gasteiger partial charge in [0, 0.05) is 0 Å². The van der Waals surface area contributed by atoms with E-state index in [-0.39, 0.29) is 84.6 Å². The zero-order valence-electron chi connectivity index (χ0n) is 51.0. The van der Waals surface area contributed by atoms with E-state index in [1.807, 2.05) is 97.1 Å². The molecule has 20 heteroatoms. The van der Waals surface area contributed by atoms with E-state index in [2.05, 4.69) is 75.4 Å². The van der Waals surface area contributed by atoms with Gasteiger partial charge in [-0.3, -0.25) is 0 Å². The Balaban J connectivity index is 0.000000211. The average Bonchev–Trinajstić information content (AvgIpc) is 3.40. The molecule has 0 radical (unpaired) electrons. The number of carbonyl (C=O) groups excluding carboxylic acids is 4. The van der Waals surface area contributed by atoms with Gasteiger partial charge in [0.1, 0.15) is 0 Å². The van der Waals surface area contributed by atoms with E-state index in [9.17, 15) is 34.5 Å². The number of hydrogen-bond acceptors (Lipinski definition) is 14. The van der Waals surface area contributed by atoms with Gasteiger partial charge in [0.15, 0.2) is 0 Å². The van der Waals surface area contributed by atoms with Gasteiger partial charge in [-0.2, -0.15) is 0 Å². The minimum atomic E-state index is -0.492. The van der Waals surface area contributed by atoms with Crippen LogP contribution in [0.4, 0.5) is 0 Å². The van der Waals surface area contributed by atoms with E-state index in [0.717, 1.165) is 18.5 Å². The molecule has 0 spiro atoms. The maximum atomic E-state index is 11.4. The van der Waals surface area contributed by atoms with Gasteiger partial charge in [-0.25, -0.2) is 0 Å². The summed E-state index contributed by atoms with van der Waals surface area (Å²) in [6.07, 6.45) is 1.85. The molecule has 0 atom stereocenters. The van der Waals surface area contributed by atoms with Gasteiger partial charge in [-0.05, 0) is 0 Å². The molecule has 9 aromatic rings. The predicted octanol–water partition coefficient (Wildman–Crippen LogP) is 7.20. The zero-order chi connectivity index (χ0) is 67.0. The molecule has 0 fully saturated rings. The first-order valence-electron chi connectivity index (χ1n) is 27.9. The Hall–Kier alpha value is -5.80. The maximum absolute atomic E-state index is 11.4. The van der Waals surface area contributed by atoms with Crippen LogP contribution in [0.1, 0.15) is 47.6 Å². The van der Waals surface area contributed by atoms with Crippen LogP contribution in [0.5, 0.6) is 28.7 Å². The van der Waals surface area contributed by atoms with E-state index in [0.29, 0.717) is 53.6 Å². The van der Waals surface area contributed by atoms with Crippen LogP contribution in [0.2, 0.25) is 0 Å². The number of aliphatic hydroxyl groups excluding tert-OH is 2. The number of phenols is 3. The topological polar surface area (TPSA) is 216 Å². The van der Waals surface area contributed by atoms with Crippen molar-refractivity contribution in [1.82, 2.24) is 0 Å². The molecule has 14 nitrogen and oxygen atoms in total. The van der Waals surface area contributed by atoms with Gasteiger partial charge in [0.05, 0.1) is 0 Å². The Morgan fingerprint density at radius 3 is 1.08 bits per heavy atom. The molecule has 5 N–H and O–H groups in total. The standard InChI is InChI=1S/C18H18O4Te.C16H14O3Te.C14H14O3Te2.C14H12OTe.C10H12O3Te/c1-13(2)18(20)22-12-11-21-15-5-9-17(10-6-15)23-16-7-3-14(19)4-8-16;1-11(2)16(18)19-13-5-9-15(10-6-13)20-14-7-3-12(17)4-8-14;1-9(2)14(16)17-8-11-4-6-13(19-11)12-5-3-10(7-15)18-12;1-2-11-3-7-13(8-4-11)16-14-9-5-12(15)6-10-14;1-7(2)10(12)13-6-9-4-3-8(5-11)14-9/h3-10,19H,1,11-12H2,2H3;3-10,17H,1H2,2H3;3-6,15H,1,7-8H2,2H3;2-10,15H,1H2;3-4,11H,1,5-6H2,2H3. The van der Waals surface area contributed by atoms with Gasteiger partial charge in [-0.1, -0.05) is 0 Å². The summed E-state index contributed by atoms with van der Waals surface area (Å²) in [7, 11) is 0. The third-order valence-corrected chi connectivity index (χ3v) is 30.6. The molecule has 0 aliphatic rings. The molecule has 0 saturated heterocycles. The summed E-state index contributed by atoms with van der Waals surface area (Å²) >= 11 is -2.52. The summed E-state index contributed by atoms with van der Waals surface area (Å²) in [6, 6.07) is 58.3. The molecule has 6 aromatic carbocycles. The van der Waals surface area contributed by atoms with E-state index in [1.54, 1.807) is 76.2 Å². The Kier molecular flexibility index (Phi) is 34.9. The molecule has 0 unspecified atom stereocenters. The number of phenolic OH excluding ortho intramolecular Hbond substituents is 3. The molecule has 3 aromatic heterocycles.